The number of nitrogens with two attached hydrogens (primary N) is 1. The molecule has 0 spiro atoms. The molecule has 2 saturated heterocycles. The van der Waals surface area contributed by atoms with Gasteiger partial charge in [-0.05, 0) is 24.8 Å². The van der Waals surface area contributed by atoms with Crippen molar-refractivity contribution in [2.24, 2.45) is 11.7 Å². The van der Waals surface area contributed by atoms with Gasteiger partial charge in [-0.15, -0.1) is 24.8 Å². The molecule has 1 amide bonds. The van der Waals surface area contributed by atoms with E-state index in [0.29, 0.717) is 26.4 Å². The summed E-state index contributed by atoms with van der Waals surface area (Å²) >= 11 is 0. The van der Waals surface area contributed by atoms with E-state index in [2.05, 4.69) is 10.2 Å². The second-order valence-corrected chi connectivity index (χ2v) is 7.10. The quantitative estimate of drug-likeness (QED) is 0.626. The molecule has 2 aliphatic rings. The van der Waals surface area contributed by atoms with Crippen LogP contribution in [0.3, 0.4) is 0 Å². The van der Waals surface area contributed by atoms with Crippen LogP contribution in [0.1, 0.15) is 18.4 Å². The van der Waals surface area contributed by atoms with E-state index in [-0.39, 0.29) is 36.6 Å². The van der Waals surface area contributed by atoms with Crippen LogP contribution >= 0.6 is 24.8 Å². The van der Waals surface area contributed by atoms with E-state index in [9.17, 15) is 4.79 Å². The average Bonchev–Trinajstić information content (AvgIpc) is 2.73. The minimum absolute atomic E-state index is 0. The van der Waals surface area contributed by atoms with Crippen molar-refractivity contribution in [2.45, 2.75) is 25.4 Å². The van der Waals surface area contributed by atoms with Crippen molar-refractivity contribution in [3.05, 3.63) is 29.8 Å². The first-order valence-corrected chi connectivity index (χ1v) is 9.86. The van der Waals surface area contributed by atoms with Crippen molar-refractivity contribution in [1.29, 1.82) is 0 Å². The number of morpholine rings is 1. The first kappa shape index (κ1) is 25.9. The summed E-state index contributed by atoms with van der Waals surface area (Å²) in [5.41, 5.74) is 7.11. The minimum atomic E-state index is -0.483. The van der Waals surface area contributed by atoms with Crippen LogP contribution in [-0.4, -0.2) is 69.5 Å². The fourth-order valence-electron chi connectivity index (χ4n) is 3.49. The maximum absolute atomic E-state index is 12.4. The third-order valence-electron chi connectivity index (χ3n) is 5.27. The van der Waals surface area contributed by atoms with Crippen LogP contribution in [0, 0.1) is 5.92 Å². The summed E-state index contributed by atoms with van der Waals surface area (Å²) < 4.78 is 16.7. The maximum Gasteiger partial charge on any atom is 0.237 e. The summed E-state index contributed by atoms with van der Waals surface area (Å²) in [5.74, 6) is 0.898. The molecule has 2 fully saturated rings. The van der Waals surface area contributed by atoms with Crippen molar-refractivity contribution in [3.63, 3.8) is 0 Å². The number of rotatable bonds is 8. The van der Waals surface area contributed by atoms with Crippen LogP contribution in [0.2, 0.25) is 0 Å². The van der Waals surface area contributed by atoms with Gasteiger partial charge in [0.25, 0.3) is 0 Å². The highest BCUT2D eigenvalue weighted by Gasteiger charge is 2.26. The summed E-state index contributed by atoms with van der Waals surface area (Å²) in [7, 11) is 0. The van der Waals surface area contributed by atoms with E-state index in [4.69, 9.17) is 19.9 Å². The molecule has 29 heavy (non-hydrogen) atoms. The number of benzene rings is 1. The zero-order valence-corrected chi connectivity index (χ0v) is 18.3. The summed E-state index contributed by atoms with van der Waals surface area (Å²) in [5, 5.41) is 2.96. The number of carbonyl (C=O) groups is 1. The highest BCUT2D eigenvalue weighted by molar-refractivity contribution is 5.85. The largest absolute Gasteiger partial charge is 0.492 e. The Hall–Kier alpha value is -1.09. The predicted molar refractivity (Wildman–Crippen MR) is 117 cm³/mol. The van der Waals surface area contributed by atoms with Crippen LogP contribution in [-0.2, 0) is 20.8 Å². The Bertz CT molecular complexity index is 597. The number of hydrogen-bond donors (Lipinski definition) is 2. The Morgan fingerprint density at radius 3 is 2.52 bits per heavy atom. The number of hydrogen-bond acceptors (Lipinski definition) is 6. The van der Waals surface area contributed by atoms with Gasteiger partial charge in [0.1, 0.15) is 12.4 Å². The van der Waals surface area contributed by atoms with E-state index >= 15 is 0 Å². The van der Waals surface area contributed by atoms with Crippen LogP contribution in [0.5, 0.6) is 5.75 Å². The molecular formula is C20H33Cl2N3O4. The number of halogens is 2. The molecule has 7 nitrogen and oxygen atoms in total. The lowest BCUT2D eigenvalue weighted by Gasteiger charge is -2.27. The Morgan fingerprint density at radius 1 is 1.14 bits per heavy atom. The molecule has 1 aromatic rings. The zero-order chi connectivity index (χ0) is 18.9. The van der Waals surface area contributed by atoms with Crippen molar-refractivity contribution < 1.29 is 19.0 Å². The monoisotopic (exact) mass is 449 g/mol. The second-order valence-electron chi connectivity index (χ2n) is 7.10. The summed E-state index contributed by atoms with van der Waals surface area (Å²) in [6.07, 6.45) is 1.69. The lowest BCUT2D eigenvalue weighted by Crippen LogP contribution is -2.46. The minimum Gasteiger partial charge on any atom is -0.492 e. The van der Waals surface area contributed by atoms with E-state index in [0.717, 1.165) is 57.0 Å². The fraction of sp³-hybridized carbons (Fsp3) is 0.650. The van der Waals surface area contributed by atoms with Crippen molar-refractivity contribution in [1.82, 2.24) is 10.2 Å². The topological polar surface area (TPSA) is 86.1 Å². The highest BCUT2D eigenvalue weighted by Crippen LogP contribution is 2.20. The number of para-hydroxylation sites is 1. The van der Waals surface area contributed by atoms with Gasteiger partial charge in [-0.2, -0.15) is 0 Å². The molecule has 2 aliphatic heterocycles. The van der Waals surface area contributed by atoms with E-state index in [1.165, 1.54) is 0 Å². The third-order valence-corrected chi connectivity index (χ3v) is 5.27. The van der Waals surface area contributed by atoms with E-state index in [1.54, 1.807) is 0 Å². The van der Waals surface area contributed by atoms with E-state index < -0.39 is 6.04 Å². The van der Waals surface area contributed by atoms with Gasteiger partial charge in [0.2, 0.25) is 5.91 Å². The second kappa shape index (κ2) is 14.0. The number of nitrogens with one attached hydrogen (secondary N) is 1. The third kappa shape index (κ3) is 8.28. The Balaban J connectivity index is 0.00000210. The first-order valence-electron chi connectivity index (χ1n) is 9.86. The van der Waals surface area contributed by atoms with Gasteiger partial charge in [-0.1, -0.05) is 18.2 Å². The normalized spacial score (nSPS) is 18.8. The van der Waals surface area contributed by atoms with Crippen LogP contribution in [0.25, 0.3) is 0 Å². The van der Waals surface area contributed by atoms with Gasteiger partial charge in [-0.25, -0.2) is 0 Å². The van der Waals surface area contributed by atoms with Gasteiger partial charge in [0.15, 0.2) is 0 Å². The highest BCUT2D eigenvalue weighted by atomic mass is 35.5. The van der Waals surface area contributed by atoms with Crippen LogP contribution < -0.4 is 15.8 Å². The van der Waals surface area contributed by atoms with Crippen LogP contribution in [0.15, 0.2) is 24.3 Å². The number of amides is 1. The molecule has 1 aromatic carbocycles. The predicted octanol–water partition coefficient (Wildman–Crippen LogP) is 1.61. The van der Waals surface area contributed by atoms with Crippen molar-refractivity contribution >= 4 is 30.7 Å². The molecular weight excluding hydrogens is 417 g/mol. The average molecular weight is 450 g/mol. The lowest BCUT2D eigenvalue weighted by molar-refractivity contribution is -0.124. The standard InChI is InChI=1S/C20H31N3O4.2ClH/c21-19(16-5-10-25-11-6-16)20(24)22-15-17-3-1-2-4-18(17)27-14-9-23-7-12-26-13-8-23;;/h1-4,16,19H,5-15,21H2,(H,22,24);2*1H. The molecule has 2 heterocycles. The molecule has 0 bridgehead atoms. The molecule has 0 radical (unpaired) electrons. The molecule has 0 aliphatic carbocycles. The smallest absolute Gasteiger partial charge is 0.237 e. The van der Waals surface area contributed by atoms with Crippen molar-refractivity contribution in [2.75, 3.05) is 52.7 Å². The molecule has 0 saturated carbocycles. The van der Waals surface area contributed by atoms with Crippen molar-refractivity contribution in [3.8, 4) is 5.75 Å². The number of carbonyl (C=O) groups excluding carboxylic acids is 1. The van der Waals surface area contributed by atoms with Gasteiger partial charge < -0.3 is 25.3 Å². The van der Waals surface area contributed by atoms with Gasteiger partial charge in [-0.3, -0.25) is 9.69 Å². The molecule has 1 unspecified atom stereocenters. The summed E-state index contributed by atoms with van der Waals surface area (Å²) in [6, 6.07) is 7.34. The first-order chi connectivity index (χ1) is 13.2. The molecule has 9 heteroatoms. The summed E-state index contributed by atoms with van der Waals surface area (Å²) in [4.78, 5) is 14.7. The molecule has 3 N–H and O–H groups in total. The van der Waals surface area contributed by atoms with Crippen LogP contribution in [0.4, 0.5) is 0 Å². The molecule has 1 atom stereocenters. The molecule has 0 aromatic heterocycles. The van der Waals surface area contributed by atoms with Gasteiger partial charge in [0.05, 0.1) is 19.3 Å². The Kier molecular flexibility index (Phi) is 12.5. The molecule has 166 valence electrons. The maximum atomic E-state index is 12.4. The SMILES string of the molecule is Cl.Cl.NC(C(=O)NCc1ccccc1OCCN1CCOCC1)C1CCOCC1. The number of ether oxygens (including phenoxy) is 3. The zero-order valence-electron chi connectivity index (χ0n) is 16.7. The van der Waals surface area contributed by atoms with Gasteiger partial charge in [0, 0.05) is 45.0 Å². The lowest BCUT2D eigenvalue weighted by atomic mass is 9.92. The fourth-order valence-corrected chi connectivity index (χ4v) is 3.49. The molecule has 3 rings (SSSR count). The van der Waals surface area contributed by atoms with E-state index in [1.807, 2.05) is 24.3 Å². The summed E-state index contributed by atoms with van der Waals surface area (Å²) in [6.45, 7) is 6.76. The Labute approximate surface area is 185 Å². The number of nitrogens with zero attached hydrogens (tertiary/aromatic N) is 1. The Morgan fingerprint density at radius 2 is 1.79 bits per heavy atom. The van der Waals surface area contributed by atoms with Gasteiger partial charge >= 0.3 is 0 Å².